The van der Waals surface area contributed by atoms with Gasteiger partial charge in [-0.05, 0) is 35.6 Å². The molecule has 100 valence electrons. The van der Waals surface area contributed by atoms with Crippen LogP contribution in [0.25, 0.3) is 0 Å². The Balaban J connectivity index is 2.14. The summed E-state index contributed by atoms with van der Waals surface area (Å²) >= 11 is 7.50. The Morgan fingerprint density at radius 2 is 2.21 bits per heavy atom. The van der Waals surface area contributed by atoms with Crippen LogP contribution in [0.15, 0.2) is 29.6 Å². The molecular weight excluding hydrogens is 280 g/mol. The van der Waals surface area contributed by atoms with E-state index in [-0.39, 0.29) is 5.91 Å². The molecule has 2 rings (SSSR count). The minimum atomic E-state index is -0.0643. The summed E-state index contributed by atoms with van der Waals surface area (Å²) in [6, 6.07) is 7.52. The summed E-state index contributed by atoms with van der Waals surface area (Å²) in [7, 11) is 1.76. The Morgan fingerprint density at radius 1 is 1.47 bits per heavy atom. The maximum absolute atomic E-state index is 12.3. The van der Waals surface area contributed by atoms with E-state index in [0.29, 0.717) is 22.1 Å². The summed E-state index contributed by atoms with van der Waals surface area (Å²) in [5.41, 5.74) is 8.36. The van der Waals surface area contributed by atoms with Gasteiger partial charge in [0.2, 0.25) is 0 Å². The zero-order valence-electron chi connectivity index (χ0n) is 10.8. The SMILES string of the molecule is Cc1csc(C(=O)N(C)Cc2cccc(N)c2)c1Cl. The summed E-state index contributed by atoms with van der Waals surface area (Å²) < 4.78 is 0. The molecule has 0 aliphatic carbocycles. The van der Waals surface area contributed by atoms with Crippen molar-refractivity contribution >= 4 is 34.5 Å². The molecule has 2 N–H and O–H groups in total. The highest BCUT2D eigenvalue weighted by atomic mass is 35.5. The third kappa shape index (κ3) is 3.08. The van der Waals surface area contributed by atoms with E-state index in [9.17, 15) is 4.79 Å². The fourth-order valence-electron chi connectivity index (χ4n) is 1.78. The lowest BCUT2D eigenvalue weighted by molar-refractivity contribution is 0.0790. The lowest BCUT2D eigenvalue weighted by atomic mass is 10.2. The Labute approximate surface area is 121 Å². The van der Waals surface area contributed by atoms with Gasteiger partial charge in [-0.25, -0.2) is 0 Å². The van der Waals surface area contributed by atoms with E-state index in [4.69, 9.17) is 17.3 Å². The molecule has 0 spiro atoms. The van der Waals surface area contributed by atoms with Crippen LogP contribution >= 0.6 is 22.9 Å². The highest BCUT2D eigenvalue weighted by Gasteiger charge is 2.18. The number of nitrogen functional groups attached to an aromatic ring is 1. The number of carbonyl (C=O) groups excluding carboxylic acids is 1. The standard InChI is InChI=1S/C14H15ClN2OS/c1-9-8-19-13(12(9)15)14(18)17(2)7-10-4-3-5-11(16)6-10/h3-6,8H,7,16H2,1-2H3. The molecular formula is C14H15ClN2OS. The van der Waals surface area contributed by atoms with Gasteiger partial charge in [-0.2, -0.15) is 0 Å². The van der Waals surface area contributed by atoms with E-state index in [2.05, 4.69) is 0 Å². The van der Waals surface area contributed by atoms with E-state index < -0.39 is 0 Å². The molecule has 0 saturated heterocycles. The molecule has 19 heavy (non-hydrogen) atoms. The van der Waals surface area contributed by atoms with Gasteiger partial charge in [-0.1, -0.05) is 23.7 Å². The van der Waals surface area contributed by atoms with Crippen LogP contribution in [0.4, 0.5) is 5.69 Å². The van der Waals surface area contributed by atoms with Gasteiger partial charge in [0, 0.05) is 19.3 Å². The normalized spacial score (nSPS) is 10.5. The maximum atomic E-state index is 12.3. The summed E-state index contributed by atoms with van der Waals surface area (Å²) in [5, 5.41) is 2.44. The molecule has 1 aromatic carbocycles. The molecule has 5 heteroatoms. The van der Waals surface area contributed by atoms with Crippen molar-refractivity contribution in [3.05, 3.63) is 50.7 Å². The summed E-state index contributed by atoms with van der Waals surface area (Å²) in [6.07, 6.45) is 0. The number of benzene rings is 1. The maximum Gasteiger partial charge on any atom is 0.265 e. The molecule has 1 aromatic heterocycles. The van der Waals surface area contributed by atoms with Crippen LogP contribution in [-0.4, -0.2) is 17.9 Å². The van der Waals surface area contributed by atoms with Gasteiger partial charge < -0.3 is 10.6 Å². The second-order valence-corrected chi connectivity index (χ2v) is 5.73. The minimum absolute atomic E-state index is 0.0643. The minimum Gasteiger partial charge on any atom is -0.399 e. The van der Waals surface area contributed by atoms with Crippen molar-refractivity contribution in [1.82, 2.24) is 4.90 Å². The third-order valence-corrected chi connectivity index (χ3v) is 4.50. The van der Waals surface area contributed by atoms with E-state index >= 15 is 0 Å². The zero-order chi connectivity index (χ0) is 14.0. The number of anilines is 1. The Bertz CT molecular complexity index is 609. The van der Waals surface area contributed by atoms with Crippen molar-refractivity contribution in [2.45, 2.75) is 13.5 Å². The molecule has 1 heterocycles. The fourth-order valence-corrected chi connectivity index (χ4v) is 3.05. The molecule has 0 radical (unpaired) electrons. The monoisotopic (exact) mass is 294 g/mol. The van der Waals surface area contributed by atoms with Crippen LogP contribution in [0.5, 0.6) is 0 Å². The average Bonchev–Trinajstić information content (AvgIpc) is 2.69. The van der Waals surface area contributed by atoms with Gasteiger partial charge in [0.25, 0.3) is 5.91 Å². The van der Waals surface area contributed by atoms with E-state index in [0.717, 1.165) is 11.1 Å². The first-order valence-electron chi connectivity index (χ1n) is 5.82. The lowest BCUT2D eigenvalue weighted by Gasteiger charge is -2.17. The zero-order valence-corrected chi connectivity index (χ0v) is 12.4. The fraction of sp³-hybridized carbons (Fsp3) is 0.214. The number of nitrogens with zero attached hydrogens (tertiary/aromatic N) is 1. The quantitative estimate of drug-likeness (QED) is 0.880. The second kappa shape index (κ2) is 5.63. The van der Waals surface area contributed by atoms with Crippen LogP contribution < -0.4 is 5.73 Å². The smallest absolute Gasteiger partial charge is 0.265 e. The number of nitrogens with two attached hydrogens (primary N) is 1. The number of aryl methyl sites for hydroxylation is 1. The molecule has 3 nitrogen and oxygen atoms in total. The van der Waals surface area contributed by atoms with Crippen LogP contribution in [0, 0.1) is 6.92 Å². The first-order valence-corrected chi connectivity index (χ1v) is 7.08. The molecule has 1 amide bonds. The number of thiophene rings is 1. The van der Waals surface area contributed by atoms with Crippen molar-refractivity contribution in [2.24, 2.45) is 0 Å². The first kappa shape index (κ1) is 13.9. The van der Waals surface area contributed by atoms with Gasteiger partial charge >= 0.3 is 0 Å². The first-order chi connectivity index (χ1) is 8.99. The molecule has 0 unspecified atom stereocenters. The average molecular weight is 295 g/mol. The van der Waals surface area contributed by atoms with Crippen molar-refractivity contribution in [3.63, 3.8) is 0 Å². The highest BCUT2D eigenvalue weighted by Crippen LogP contribution is 2.28. The van der Waals surface area contributed by atoms with Crippen LogP contribution in [0.2, 0.25) is 5.02 Å². The molecule has 0 bridgehead atoms. The summed E-state index contributed by atoms with van der Waals surface area (Å²) in [6.45, 7) is 2.41. The second-order valence-electron chi connectivity index (χ2n) is 4.47. The topological polar surface area (TPSA) is 46.3 Å². The van der Waals surface area contributed by atoms with E-state index in [1.165, 1.54) is 11.3 Å². The van der Waals surface area contributed by atoms with Gasteiger partial charge in [0.1, 0.15) is 4.88 Å². The van der Waals surface area contributed by atoms with Crippen LogP contribution in [0.3, 0.4) is 0 Å². The Kier molecular flexibility index (Phi) is 4.12. The van der Waals surface area contributed by atoms with Crippen LogP contribution in [0.1, 0.15) is 20.8 Å². The molecule has 0 aliphatic heterocycles. The Morgan fingerprint density at radius 3 is 2.79 bits per heavy atom. The van der Waals surface area contributed by atoms with Gasteiger partial charge in [-0.15, -0.1) is 11.3 Å². The highest BCUT2D eigenvalue weighted by molar-refractivity contribution is 7.13. The number of halogens is 1. The summed E-state index contributed by atoms with van der Waals surface area (Å²) in [5.74, 6) is -0.0643. The number of amides is 1. The molecule has 0 fully saturated rings. The van der Waals surface area contributed by atoms with Crippen molar-refractivity contribution in [2.75, 3.05) is 12.8 Å². The largest absolute Gasteiger partial charge is 0.399 e. The van der Waals surface area contributed by atoms with Crippen molar-refractivity contribution < 1.29 is 4.79 Å². The van der Waals surface area contributed by atoms with E-state index in [1.54, 1.807) is 11.9 Å². The Hall–Kier alpha value is -1.52. The third-order valence-electron chi connectivity index (χ3n) is 2.81. The molecule has 2 aromatic rings. The van der Waals surface area contributed by atoms with Crippen molar-refractivity contribution in [3.8, 4) is 0 Å². The predicted octanol–water partition coefficient (Wildman–Crippen LogP) is 3.56. The van der Waals surface area contributed by atoms with Gasteiger partial charge in [-0.3, -0.25) is 4.79 Å². The van der Waals surface area contributed by atoms with Crippen LogP contribution in [-0.2, 0) is 6.54 Å². The van der Waals surface area contributed by atoms with Gasteiger partial charge in [0.05, 0.1) is 5.02 Å². The van der Waals surface area contributed by atoms with Gasteiger partial charge in [0.15, 0.2) is 0 Å². The lowest BCUT2D eigenvalue weighted by Crippen LogP contribution is -2.25. The predicted molar refractivity (Wildman–Crippen MR) is 80.7 cm³/mol. The van der Waals surface area contributed by atoms with E-state index in [1.807, 2.05) is 36.6 Å². The molecule has 0 aliphatic rings. The summed E-state index contributed by atoms with van der Waals surface area (Å²) in [4.78, 5) is 14.5. The number of hydrogen-bond acceptors (Lipinski definition) is 3. The number of carbonyl (C=O) groups is 1. The number of hydrogen-bond donors (Lipinski definition) is 1. The molecule has 0 atom stereocenters. The number of rotatable bonds is 3. The molecule has 0 saturated carbocycles. The van der Waals surface area contributed by atoms with Crippen molar-refractivity contribution in [1.29, 1.82) is 0 Å².